The van der Waals surface area contributed by atoms with Crippen molar-refractivity contribution in [1.29, 1.82) is 0 Å². The van der Waals surface area contributed by atoms with Crippen LogP contribution in [0.15, 0.2) is 84.1 Å². The summed E-state index contributed by atoms with van der Waals surface area (Å²) in [6.45, 7) is 3.59. The molecule has 0 bridgehead atoms. The Morgan fingerprint density at radius 3 is 2.46 bits per heavy atom. The van der Waals surface area contributed by atoms with E-state index in [1.54, 1.807) is 0 Å². The molecule has 0 fully saturated rings. The van der Waals surface area contributed by atoms with Gasteiger partial charge in [0.1, 0.15) is 0 Å². The maximum absolute atomic E-state index is 6.20. The highest BCUT2D eigenvalue weighted by Gasteiger charge is 2.08. The molecule has 1 N–H and O–H groups in total. The lowest BCUT2D eigenvalue weighted by Crippen LogP contribution is -2.05. The number of benzene rings is 3. The highest BCUT2D eigenvalue weighted by atomic mass is 35.5. The third-order valence-electron chi connectivity index (χ3n) is 4.94. The van der Waals surface area contributed by atoms with Crippen LogP contribution in [0.25, 0.3) is 10.9 Å². The van der Waals surface area contributed by atoms with E-state index in [2.05, 4.69) is 76.7 Å². The van der Waals surface area contributed by atoms with Gasteiger partial charge in [0.05, 0.1) is 12.8 Å². The third kappa shape index (κ3) is 3.95. The van der Waals surface area contributed by atoms with Crippen molar-refractivity contribution in [2.45, 2.75) is 20.0 Å². The predicted molar refractivity (Wildman–Crippen MR) is 118 cm³/mol. The van der Waals surface area contributed by atoms with E-state index in [0.717, 1.165) is 22.7 Å². The van der Waals surface area contributed by atoms with Crippen molar-refractivity contribution in [3.05, 3.63) is 106 Å². The fourth-order valence-corrected chi connectivity index (χ4v) is 3.57. The number of para-hydroxylation sites is 1. The molecule has 0 saturated heterocycles. The van der Waals surface area contributed by atoms with Gasteiger partial charge in [-0.05, 0) is 35.7 Å². The molecule has 1 heterocycles. The number of hydrogen-bond donors (Lipinski definition) is 1. The molecular formula is C24H22ClN3. The van der Waals surface area contributed by atoms with Gasteiger partial charge in [-0.15, -0.1) is 0 Å². The van der Waals surface area contributed by atoms with Crippen molar-refractivity contribution in [3.63, 3.8) is 0 Å². The Morgan fingerprint density at radius 2 is 1.64 bits per heavy atom. The highest BCUT2D eigenvalue weighted by Crippen LogP contribution is 2.22. The molecule has 0 aliphatic heterocycles. The highest BCUT2D eigenvalue weighted by molar-refractivity contribution is 6.31. The Hall–Kier alpha value is -3.04. The van der Waals surface area contributed by atoms with Crippen LogP contribution in [-0.2, 0) is 13.1 Å². The predicted octanol–water partition coefficient (Wildman–Crippen LogP) is 5.78. The molecule has 0 aliphatic carbocycles. The minimum absolute atomic E-state index is 0.595. The van der Waals surface area contributed by atoms with Crippen LogP contribution < -0.4 is 5.43 Å². The SMILES string of the molecule is Cc1ccccc1Cn1cc(/C=N\NCc2ccccc2Cl)c2ccccc21. The van der Waals surface area contributed by atoms with Crippen LogP contribution >= 0.6 is 11.6 Å². The Labute approximate surface area is 170 Å². The Kier molecular flexibility index (Phi) is 5.45. The normalized spacial score (nSPS) is 11.4. The first-order valence-corrected chi connectivity index (χ1v) is 9.72. The summed E-state index contributed by atoms with van der Waals surface area (Å²) in [4.78, 5) is 0. The second-order valence-electron chi connectivity index (χ2n) is 6.84. The van der Waals surface area contributed by atoms with Crippen LogP contribution in [0.4, 0.5) is 0 Å². The lowest BCUT2D eigenvalue weighted by molar-refractivity contribution is 0.748. The molecule has 0 aliphatic rings. The van der Waals surface area contributed by atoms with Gasteiger partial charge in [-0.25, -0.2) is 0 Å². The van der Waals surface area contributed by atoms with Crippen molar-refractivity contribution in [2.24, 2.45) is 5.10 Å². The van der Waals surface area contributed by atoms with E-state index < -0.39 is 0 Å². The van der Waals surface area contributed by atoms with Crippen LogP contribution in [-0.4, -0.2) is 10.8 Å². The van der Waals surface area contributed by atoms with E-state index in [-0.39, 0.29) is 0 Å². The first-order valence-electron chi connectivity index (χ1n) is 9.34. The minimum atomic E-state index is 0.595. The van der Waals surface area contributed by atoms with Gasteiger partial charge >= 0.3 is 0 Å². The summed E-state index contributed by atoms with van der Waals surface area (Å²) in [5.41, 5.74) is 9.06. The lowest BCUT2D eigenvalue weighted by Gasteiger charge is -2.08. The zero-order valence-corrected chi connectivity index (χ0v) is 16.5. The molecule has 0 spiro atoms. The average molecular weight is 388 g/mol. The zero-order chi connectivity index (χ0) is 19.3. The number of aryl methyl sites for hydroxylation is 1. The number of aromatic nitrogens is 1. The summed E-state index contributed by atoms with van der Waals surface area (Å²) in [6, 6.07) is 24.7. The van der Waals surface area contributed by atoms with Gasteiger partial charge in [0.2, 0.25) is 0 Å². The van der Waals surface area contributed by atoms with Gasteiger partial charge in [0, 0.05) is 34.2 Å². The number of hydrogen-bond acceptors (Lipinski definition) is 2. The molecule has 4 rings (SSSR count). The maximum Gasteiger partial charge on any atom is 0.0594 e. The maximum atomic E-state index is 6.20. The smallest absolute Gasteiger partial charge is 0.0594 e. The van der Waals surface area contributed by atoms with Gasteiger partial charge < -0.3 is 9.99 Å². The van der Waals surface area contributed by atoms with E-state index in [9.17, 15) is 0 Å². The van der Waals surface area contributed by atoms with E-state index in [0.29, 0.717) is 6.54 Å². The van der Waals surface area contributed by atoms with Crippen molar-refractivity contribution in [1.82, 2.24) is 9.99 Å². The van der Waals surface area contributed by atoms with E-state index >= 15 is 0 Å². The van der Waals surface area contributed by atoms with Gasteiger partial charge in [-0.1, -0.05) is 72.3 Å². The quantitative estimate of drug-likeness (QED) is 0.330. The summed E-state index contributed by atoms with van der Waals surface area (Å²) in [7, 11) is 0. The first-order chi connectivity index (χ1) is 13.7. The van der Waals surface area contributed by atoms with Gasteiger partial charge in [-0.2, -0.15) is 5.10 Å². The van der Waals surface area contributed by atoms with Gasteiger partial charge in [0.25, 0.3) is 0 Å². The van der Waals surface area contributed by atoms with Gasteiger partial charge in [0.15, 0.2) is 0 Å². The standard InChI is InChI=1S/C24H22ClN3/c1-18-8-2-3-10-20(18)16-28-17-21(22-11-5-7-13-24(22)28)15-27-26-14-19-9-4-6-12-23(19)25/h2-13,15,17,26H,14,16H2,1H3/b27-15-. The Balaban J connectivity index is 1.56. The fourth-order valence-electron chi connectivity index (χ4n) is 3.37. The Bertz CT molecular complexity index is 1130. The monoisotopic (exact) mass is 387 g/mol. The van der Waals surface area contributed by atoms with E-state index in [1.807, 2.05) is 30.5 Å². The number of halogens is 1. The lowest BCUT2D eigenvalue weighted by atomic mass is 10.1. The number of rotatable bonds is 6. The second-order valence-corrected chi connectivity index (χ2v) is 7.25. The number of fused-ring (bicyclic) bond motifs is 1. The Morgan fingerprint density at radius 1 is 0.929 bits per heavy atom. The van der Waals surface area contributed by atoms with Crippen LogP contribution in [0.1, 0.15) is 22.3 Å². The second kappa shape index (κ2) is 8.32. The van der Waals surface area contributed by atoms with E-state index in [1.165, 1.54) is 22.0 Å². The summed E-state index contributed by atoms with van der Waals surface area (Å²) in [5.74, 6) is 0. The molecule has 4 heteroatoms. The molecule has 0 unspecified atom stereocenters. The molecule has 1 aromatic heterocycles. The summed E-state index contributed by atoms with van der Waals surface area (Å²) >= 11 is 6.20. The molecule has 3 aromatic carbocycles. The van der Waals surface area contributed by atoms with Crippen molar-refractivity contribution in [3.8, 4) is 0 Å². The molecular weight excluding hydrogens is 366 g/mol. The number of nitrogens with one attached hydrogen (secondary N) is 1. The minimum Gasteiger partial charge on any atom is -0.342 e. The molecule has 4 aromatic rings. The summed E-state index contributed by atoms with van der Waals surface area (Å²) < 4.78 is 2.28. The van der Waals surface area contributed by atoms with Gasteiger partial charge in [-0.3, -0.25) is 0 Å². The summed E-state index contributed by atoms with van der Waals surface area (Å²) in [5, 5.41) is 6.36. The summed E-state index contributed by atoms with van der Waals surface area (Å²) in [6.07, 6.45) is 4.05. The van der Waals surface area contributed by atoms with Crippen molar-refractivity contribution < 1.29 is 0 Å². The molecule has 140 valence electrons. The molecule has 0 radical (unpaired) electrons. The average Bonchev–Trinajstić information content (AvgIpc) is 3.06. The third-order valence-corrected chi connectivity index (χ3v) is 5.31. The van der Waals surface area contributed by atoms with Crippen molar-refractivity contribution in [2.75, 3.05) is 0 Å². The van der Waals surface area contributed by atoms with E-state index in [4.69, 9.17) is 11.6 Å². The largest absolute Gasteiger partial charge is 0.342 e. The fraction of sp³-hybridized carbons (Fsp3) is 0.125. The van der Waals surface area contributed by atoms with Crippen LogP contribution in [0.3, 0.4) is 0 Å². The first kappa shape index (κ1) is 18.3. The van der Waals surface area contributed by atoms with Crippen LogP contribution in [0.5, 0.6) is 0 Å². The molecule has 28 heavy (non-hydrogen) atoms. The molecule has 3 nitrogen and oxygen atoms in total. The molecule has 0 saturated carbocycles. The zero-order valence-electron chi connectivity index (χ0n) is 15.8. The van der Waals surface area contributed by atoms with Crippen molar-refractivity contribution >= 4 is 28.7 Å². The number of hydrazone groups is 1. The molecule has 0 atom stereocenters. The van der Waals surface area contributed by atoms with Crippen LogP contribution in [0, 0.1) is 6.92 Å². The van der Waals surface area contributed by atoms with Crippen LogP contribution in [0.2, 0.25) is 5.02 Å². The topological polar surface area (TPSA) is 29.3 Å². The molecule has 0 amide bonds. The number of nitrogens with zero attached hydrogens (tertiary/aromatic N) is 2.